The van der Waals surface area contributed by atoms with E-state index in [1.165, 1.54) is 32.4 Å². The molecular formula is C25H23N3O7. The van der Waals surface area contributed by atoms with Gasteiger partial charge in [0, 0.05) is 0 Å². The first-order valence-corrected chi connectivity index (χ1v) is 10.3. The van der Waals surface area contributed by atoms with Gasteiger partial charge in [-0.2, -0.15) is 5.26 Å². The van der Waals surface area contributed by atoms with Crippen molar-refractivity contribution in [2.75, 3.05) is 33.3 Å². The van der Waals surface area contributed by atoms with Crippen molar-refractivity contribution in [1.82, 2.24) is 0 Å². The monoisotopic (exact) mass is 477 g/mol. The Hall–Kier alpha value is -4.78. The van der Waals surface area contributed by atoms with Crippen LogP contribution in [0.5, 0.6) is 5.75 Å². The molecule has 35 heavy (non-hydrogen) atoms. The number of carbonyl (C=O) groups excluding carboxylic acids is 3. The zero-order valence-electron chi connectivity index (χ0n) is 19.5. The van der Waals surface area contributed by atoms with Gasteiger partial charge in [-0.25, -0.2) is 14.4 Å². The summed E-state index contributed by atoms with van der Waals surface area (Å²) >= 11 is 0. The molecular weight excluding hydrogens is 454 g/mol. The zero-order chi connectivity index (χ0) is 25.7. The average molecular weight is 477 g/mol. The van der Waals surface area contributed by atoms with Gasteiger partial charge in [-0.1, -0.05) is 30.3 Å². The van der Waals surface area contributed by atoms with Crippen molar-refractivity contribution >= 4 is 23.6 Å². The standard InChI is InChI=1S/C25H23N3O7/c1-32-18-11-10-15(23(29)33-2)12-17(18)28-21(25(31)35-4)20(24(30)34-3)19(16(13-26)22(28)27)14-8-6-5-7-9-14/h5-12,19H,27H2,1-4H3. The molecule has 2 N–H and O–H groups in total. The van der Waals surface area contributed by atoms with Crippen LogP contribution < -0.4 is 15.4 Å². The van der Waals surface area contributed by atoms with Crippen LogP contribution in [0.15, 0.2) is 71.2 Å². The fourth-order valence-electron chi connectivity index (χ4n) is 3.87. The summed E-state index contributed by atoms with van der Waals surface area (Å²) in [6, 6.07) is 15.0. The number of nitrogens with zero attached hydrogens (tertiary/aromatic N) is 2. The predicted molar refractivity (Wildman–Crippen MR) is 124 cm³/mol. The Kier molecular flexibility index (Phi) is 7.41. The van der Waals surface area contributed by atoms with Gasteiger partial charge in [0.15, 0.2) is 0 Å². The molecule has 180 valence electrons. The number of hydrogen-bond donors (Lipinski definition) is 1. The van der Waals surface area contributed by atoms with Gasteiger partial charge in [-0.15, -0.1) is 0 Å². The average Bonchev–Trinajstić information content (AvgIpc) is 2.90. The molecule has 10 heteroatoms. The third-order valence-electron chi connectivity index (χ3n) is 5.45. The second-order valence-electron chi connectivity index (χ2n) is 7.21. The van der Waals surface area contributed by atoms with Crippen LogP contribution in [-0.4, -0.2) is 46.3 Å². The summed E-state index contributed by atoms with van der Waals surface area (Å²) in [5.74, 6) is -3.43. The van der Waals surface area contributed by atoms with Gasteiger partial charge in [0.25, 0.3) is 0 Å². The number of ether oxygens (including phenoxy) is 4. The number of anilines is 1. The largest absolute Gasteiger partial charge is 0.495 e. The molecule has 1 atom stereocenters. The first-order chi connectivity index (χ1) is 16.8. The lowest BCUT2D eigenvalue weighted by Gasteiger charge is -2.36. The van der Waals surface area contributed by atoms with E-state index >= 15 is 0 Å². The van der Waals surface area contributed by atoms with E-state index in [4.69, 9.17) is 24.7 Å². The predicted octanol–water partition coefficient (Wildman–Crippen LogP) is 2.38. The minimum Gasteiger partial charge on any atom is -0.495 e. The molecule has 2 aromatic carbocycles. The van der Waals surface area contributed by atoms with Gasteiger partial charge in [-0.05, 0) is 23.8 Å². The number of carbonyl (C=O) groups is 3. The van der Waals surface area contributed by atoms with Gasteiger partial charge in [0.2, 0.25) is 0 Å². The third kappa shape index (κ3) is 4.39. The molecule has 0 aromatic heterocycles. The molecule has 1 aliphatic heterocycles. The summed E-state index contributed by atoms with van der Waals surface area (Å²) in [4.78, 5) is 39.6. The van der Waals surface area contributed by atoms with Gasteiger partial charge >= 0.3 is 17.9 Å². The zero-order valence-corrected chi connectivity index (χ0v) is 19.5. The molecule has 0 fully saturated rings. The van der Waals surface area contributed by atoms with E-state index in [0.29, 0.717) is 5.56 Å². The maximum atomic E-state index is 13.2. The number of allylic oxidation sites excluding steroid dienone is 1. The molecule has 0 amide bonds. The van der Waals surface area contributed by atoms with Crippen molar-refractivity contribution in [3.8, 4) is 11.8 Å². The summed E-state index contributed by atoms with van der Waals surface area (Å²) in [5.41, 5.74) is 6.76. The fourth-order valence-corrected chi connectivity index (χ4v) is 3.87. The highest BCUT2D eigenvalue weighted by molar-refractivity contribution is 6.07. The van der Waals surface area contributed by atoms with E-state index in [-0.39, 0.29) is 39.7 Å². The Morgan fingerprint density at radius 1 is 0.914 bits per heavy atom. The minimum atomic E-state index is -1.02. The molecule has 0 bridgehead atoms. The van der Waals surface area contributed by atoms with Gasteiger partial charge in [0.05, 0.1) is 62.8 Å². The van der Waals surface area contributed by atoms with E-state index in [1.54, 1.807) is 30.3 Å². The van der Waals surface area contributed by atoms with Crippen molar-refractivity contribution in [2.45, 2.75) is 5.92 Å². The SMILES string of the molecule is COC(=O)C1=C(C(=O)OC)N(c2cc(C(=O)OC)ccc2OC)C(N)=C(C#N)C1c1ccccc1. The van der Waals surface area contributed by atoms with Crippen LogP contribution in [0.2, 0.25) is 0 Å². The number of hydrogen-bond acceptors (Lipinski definition) is 10. The summed E-state index contributed by atoms with van der Waals surface area (Å²) in [7, 11) is 4.89. The number of nitrogens with two attached hydrogens (primary N) is 1. The topological polar surface area (TPSA) is 141 Å². The normalized spacial score (nSPS) is 15.3. The number of methoxy groups -OCH3 is 4. The molecule has 0 saturated heterocycles. The van der Waals surface area contributed by atoms with Crippen molar-refractivity contribution in [1.29, 1.82) is 5.26 Å². The first kappa shape index (κ1) is 24.9. The van der Waals surface area contributed by atoms with Crippen LogP contribution in [0.3, 0.4) is 0 Å². The fraction of sp³-hybridized carbons (Fsp3) is 0.200. The van der Waals surface area contributed by atoms with Crippen LogP contribution in [0.25, 0.3) is 0 Å². The molecule has 1 unspecified atom stereocenters. The molecule has 3 rings (SSSR count). The van der Waals surface area contributed by atoms with Crippen LogP contribution in [0, 0.1) is 11.3 Å². The van der Waals surface area contributed by atoms with Crippen LogP contribution >= 0.6 is 0 Å². The number of nitriles is 1. The highest BCUT2D eigenvalue weighted by Gasteiger charge is 2.43. The Morgan fingerprint density at radius 2 is 1.54 bits per heavy atom. The minimum absolute atomic E-state index is 0.0187. The lowest BCUT2D eigenvalue weighted by Crippen LogP contribution is -2.41. The highest BCUT2D eigenvalue weighted by atomic mass is 16.5. The summed E-state index contributed by atoms with van der Waals surface area (Å²) in [5, 5.41) is 10.1. The van der Waals surface area contributed by atoms with Gasteiger partial charge in [0.1, 0.15) is 17.3 Å². The van der Waals surface area contributed by atoms with Crippen molar-refractivity contribution < 1.29 is 33.3 Å². The Balaban J connectivity index is 2.46. The van der Waals surface area contributed by atoms with Crippen molar-refractivity contribution in [2.24, 2.45) is 5.73 Å². The lowest BCUT2D eigenvalue weighted by molar-refractivity contribution is -0.139. The third-order valence-corrected chi connectivity index (χ3v) is 5.45. The van der Waals surface area contributed by atoms with Crippen molar-refractivity contribution in [3.63, 3.8) is 0 Å². The molecule has 1 aliphatic rings. The number of rotatable bonds is 6. The number of benzene rings is 2. The van der Waals surface area contributed by atoms with Crippen LogP contribution in [-0.2, 0) is 23.8 Å². The number of esters is 3. The summed E-state index contributed by atoms with van der Waals surface area (Å²) in [6.07, 6.45) is 0. The molecule has 0 radical (unpaired) electrons. The molecule has 10 nitrogen and oxygen atoms in total. The quantitative estimate of drug-likeness (QED) is 0.487. The Bertz CT molecular complexity index is 1280. The van der Waals surface area contributed by atoms with E-state index in [1.807, 2.05) is 0 Å². The van der Waals surface area contributed by atoms with E-state index in [0.717, 1.165) is 19.1 Å². The van der Waals surface area contributed by atoms with E-state index in [9.17, 15) is 19.6 Å². The van der Waals surface area contributed by atoms with Crippen LogP contribution in [0.4, 0.5) is 5.69 Å². The van der Waals surface area contributed by atoms with Crippen LogP contribution in [0.1, 0.15) is 21.8 Å². The second kappa shape index (κ2) is 10.4. The van der Waals surface area contributed by atoms with Gasteiger partial charge < -0.3 is 24.7 Å². The molecule has 0 spiro atoms. The summed E-state index contributed by atoms with van der Waals surface area (Å²) in [6.45, 7) is 0. The summed E-state index contributed by atoms with van der Waals surface area (Å²) < 4.78 is 20.2. The lowest BCUT2D eigenvalue weighted by atomic mass is 9.81. The maximum Gasteiger partial charge on any atom is 0.355 e. The smallest absolute Gasteiger partial charge is 0.355 e. The van der Waals surface area contributed by atoms with E-state index < -0.39 is 23.8 Å². The van der Waals surface area contributed by atoms with E-state index in [2.05, 4.69) is 6.07 Å². The molecule has 1 heterocycles. The maximum absolute atomic E-state index is 13.2. The molecule has 0 saturated carbocycles. The first-order valence-electron chi connectivity index (χ1n) is 10.3. The van der Waals surface area contributed by atoms with Crippen molar-refractivity contribution in [3.05, 3.63) is 82.3 Å². The Labute approximate surface area is 201 Å². The van der Waals surface area contributed by atoms with Gasteiger partial charge in [-0.3, -0.25) is 4.90 Å². The molecule has 0 aliphatic carbocycles. The highest BCUT2D eigenvalue weighted by Crippen LogP contribution is 2.45. The second-order valence-corrected chi connectivity index (χ2v) is 7.21. The molecule has 2 aromatic rings. The Morgan fingerprint density at radius 3 is 2.09 bits per heavy atom.